The summed E-state index contributed by atoms with van der Waals surface area (Å²) in [6.45, 7) is 7.74. The first-order valence-electron chi connectivity index (χ1n) is 11.8. The summed E-state index contributed by atoms with van der Waals surface area (Å²) in [5.74, 6) is -3.66. The number of aromatic carboxylic acids is 1. The van der Waals surface area contributed by atoms with Crippen molar-refractivity contribution in [3.05, 3.63) is 69.5 Å². The Bertz CT molecular complexity index is 1150. The van der Waals surface area contributed by atoms with E-state index in [0.717, 1.165) is 6.07 Å². The average molecular weight is 520 g/mol. The Morgan fingerprint density at radius 2 is 1.69 bits per heavy atom. The fraction of sp³-hybridized carbons (Fsp3) is 0.444. The summed E-state index contributed by atoms with van der Waals surface area (Å²) in [6, 6.07) is 7.93. The van der Waals surface area contributed by atoms with Gasteiger partial charge in [-0.25, -0.2) is 14.0 Å². The summed E-state index contributed by atoms with van der Waals surface area (Å²) in [6.07, 6.45) is 0.579. The van der Waals surface area contributed by atoms with Crippen molar-refractivity contribution in [2.24, 2.45) is 5.92 Å². The zero-order valence-corrected chi connectivity index (χ0v) is 21.6. The normalized spacial score (nSPS) is 16.4. The van der Waals surface area contributed by atoms with E-state index in [2.05, 4.69) is 0 Å². The van der Waals surface area contributed by atoms with Crippen LogP contribution in [0.25, 0.3) is 0 Å². The highest BCUT2D eigenvalue weighted by Gasteiger charge is 2.41. The van der Waals surface area contributed by atoms with E-state index in [-0.39, 0.29) is 23.5 Å². The fourth-order valence-corrected chi connectivity index (χ4v) is 4.72. The number of ether oxygens (including phenoxy) is 1. The van der Waals surface area contributed by atoms with Crippen molar-refractivity contribution >= 4 is 29.4 Å². The molecule has 2 aromatic rings. The second kappa shape index (κ2) is 10.6. The smallest absolute Gasteiger partial charge is 0.410 e. The van der Waals surface area contributed by atoms with E-state index in [1.54, 1.807) is 32.6 Å². The van der Waals surface area contributed by atoms with Gasteiger partial charge in [-0.05, 0) is 87.9 Å². The van der Waals surface area contributed by atoms with E-state index < -0.39 is 46.0 Å². The number of ketones is 1. The molecule has 194 valence electrons. The third-order valence-corrected chi connectivity index (χ3v) is 6.77. The molecule has 1 atom stereocenters. The Morgan fingerprint density at radius 1 is 1.11 bits per heavy atom. The van der Waals surface area contributed by atoms with Gasteiger partial charge in [0.1, 0.15) is 11.4 Å². The van der Waals surface area contributed by atoms with E-state index in [9.17, 15) is 24.6 Å². The number of rotatable bonds is 6. The van der Waals surface area contributed by atoms with Crippen LogP contribution in [0, 0.1) is 11.7 Å². The molecule has 3 rings (SSSR count). The minimum atomic E-state index is -1.55. The molecule has 2 aromatic carbocycles. The second-order valence-electron chi connectivity index (χ2n) is 10.0. The van der Waals surface area contributed by atoms with Gasteiger partial charge < -0.3 is 19.8 Å². The van der Waals surface area contributed by atoms with E-state index in [1.807, 2.05) is 0 Å². The van der Waals surface area contributed by atoms with Crippen molar-refractivity contribution in [1.82, 2.24) is 4.90 Å². The molecule has 0 aliphatic carbocycles. The number of carbonyl (C=O) groups excluding carboxylic acids is 2. The number of hydrogen-bond acceptors (Lipinski definition) is 5. The molecular weight excluding hydrogens is 489 g/mol. The Labute approximate surface area is 214 Å². The van der Waals surface area contributed by atoms with Crippen LogP contribution in [0.3, 0.4) is 0 Å². The van der Waals surface area contributed by atoms with Crippen LogP contribution in [0.2, 0.25) is 5.02 Å². The summed E-state index contributed by atoms with van der Waals surface area (Å²) in [5.41, 5.74) is -3.10. The van der Waals surface area contributed by atoms with Gasteiger partial charge in [0.15, 0.2) is 5.78 Å². The standard InChI is InChI=1S/C27H31ClFNO6/c1-5-27(35,17-10-12-30(13-11-17)25(34)36-26(2,3)4)18-14-20(24(32)33)22(21(29)15-18)23(31)16-6-8-19(28)9-7-16/h6-9,14-15,17,35H,5,10-13H2,1-4H3,(H,32,33)/t27-/m0/s1. The summed E-state index contributed by atoms with van der Waals surface area (Å²) in [7, 11) is 0. The first-order valence-corrected chi connectivity index (χ1v) is 12.2. The maximum atomic E-state index is 15.4. The lowest BCUT2D eigenvalue weighted by molar-refractivity contribution is -0.0548. The predicted octanol–water partition coefficient (Wildman–Crippen LogP) is 5.65. The third-order valence-electron chi connectivity index (χ3n) is 6.52. The van der Waals surface area contributed by atoms with Crippen LogP contribution < -0.4 is 0 Å². The zero-order valence-electron chi connectivity index (χ0n) is 20.8. The minimum Gasteiger partial charge on any atom is -0.478 e. The summed E-state index contributed by atoms with van der Waals surface area (Å²) >= 11 is 5.85. The van der Waals surface area contributed by atoms with Gasteiger partial charge in [-0.1, -0.05) is 18.5 Å². The highest BCUT2D eigenvalue weighted by Crippen LogP contribution is 2.41. The van der Waals surface area contributed by atoms with Crippen LogP contribution in [0.1, 0.15) is 78.8 Å². The van der Waals surface area contributed by atoms with Gasteiger partial charge in [-0.3, -0.25) is 4.79 Å². The monoisotopic (exact) mass is 519 g/mol. The maximum absolute atomic E-state index is 15.4. The average Bonchev–Trinajstić information content (AvgIpc) is 2.82. The number of nitrogens with zero attached hydrogens (tertiary/aromatic N) is 1. The van der Waals surface area contributed by atoms with Crippen LogP contribution in [0.5, 0.6) is 0 Å². The topological polar surface area (TPSA) is 104 Å². The number of benzene rings is 2. The van der Waals surface area contributed by atoms with Gasteiger partial charge in [-0.2, -0.15) is 0 Å². The van der Waals surface area contributed by atoms with Crippen molar-refractivity contribution in [1.29, 1.82) is 0 Å². The molecule has 0 spiro atoms. The number of hydrogen-bond donors (Lipinski definition) is 2. The van der Waals surface area contributed by atoms with Gasteiger partial charge in [0.25, 0.3) is 0 Å². The first kappa shape index (κ1) is 27.6. The van der Waals surface area contributed by atoms with Gasteiger partial charge in [0.05, 0.1) is 16.7 Å². The summed E-state index contributed by atoms with van der Waals surface area (Å²) < 4.78 is 20.8. The van der Waals surface area contributed by atoms with E-state index in [1.165, 1.54) is 30.3 Å². The second-order valence-corrected chi connectivity index (χ2v) is 10.5. The number of piperidine rings is 1. The number of amides is 1. The lowest BCUT2D eigenvalue weighted by atomic mass is 9.73. The Balaban J connectivity index is 1.91. The van der Waals surface area contributed by atoms with Crippen LogP contribution in [0.4, 0.5) is 9.18 Å². The quantitative estimate of drug-likeness (QED) is 0.478. The third kappa shape index (κ3) is 5.87. The Morgan fingerprint density at radius 3 is 2.19 bits per heavy atom. The van der Waals surface area contributed by atoms with Crippen LogP contribution in [-0.4, -0.2) is 51.6 Å². The van der Waals surface area contributed by atoms with Crippen molar-refractivity contribution in [2.75, 3.05) is 13.1 Å². The lowest BCUT2D eigenvalue weighted by Gasteiger charge is -2.41. The molecule has 0 aromatic heterocycles. The molecule has 0 unspecified atom stereocenters. The molecule has 1 fully saturated rings. The molecule has 0 bridgehead atoms. The maximum Gasteiger partial charge on any atom is 0.410 e. The molecule has 1 aliphatic heterocycles. The largest absolute Gasteiger partial charge is 0.478 e. The van der Waals surface area contributed by atoms with Gasteiger partial charge >= 0.3 is 12.1 Å². The molecule has 36 heavy (non-hydrogen) atoms. The Hall–Kier alpha value is -2.97. The molecule has 0 radical (unpaired) electrons. The molecule has 0 saturated carbocycles. The minimum absolute atomic E-state index is 0.0864. The summed E-state index contributed by atoms with van der Waals surface area (Å²) in [4.78, 5) is 39.0. The predicted molar refractivity (Wildman–Crippen MR) is 133 cm³/mol. The number of carboxylic acids is 1. The van der Waals surface area contributed by atoms with Crippen molar-refractivity contribution < 1.29 is 33.7 Å². The molecular formula is C27H31ClFNO6. The number of carboxylic acid groups (broad SMARTS) is 1. The zero-order chi connectivity index (χ0) is 26.8. The van der Waals surface area contributed by atoms with E-state index in [4.69, 9.17) is 16.3 Å². The number of halogens is 2. The number of likely N-dealkylation sites (tertiary alicyclic amines) is 1. The van der Waals surface area contributed by atoms with Crippen LogP contribution in [-0.2, 0) is 10.3 Å². The molecule has 7 nitrogen and oxygen atoms in total. The van der Waals surface area contributed by atoms with Crippen molar-refractivity contribution in [2.45, 2.75) is 58.2 Å². The molecule has 1 saturated heterocycles. The van der Waals surface area contributed by atoms with Gasteiger partial charge in [0.2, 0.25) is 0 Å². The van der Waals surface area contributed by atoms with Gasteiger partial charge in [-0.15, -0.1) is 0 Å². The molecule has 1 heterocycles. The fourth-order valence-electron chi connectivity index (χ4n) is 4.60. The summed E-state index contributed by atoms with van der Waals surface area (Å²) in [5, 5.41) is 21.8. The molecule has 1 aliphatic rings. The highest BCUT2D eigenvalue weighted by atomic mass is 35.5. The first-order chi connectivity index (χ1) is 16.8. The molecule has 2 N–H and O–H groups in total. The molecule has 9 heteroatoms. The van der Waals surface area contributed by atoms with Crippen LogP contribution in [0.15, 0.2) is 36.4 Å². The van der Waals surface area contributed by atoms with Crippen molar-refractivity contribution in [3.8, 4) is 0 Å². The van der Waals surface area contributed by atoms with Crippen molar-refractivity contribution in [3.63, 3.8) is 0 Å². The Kier molecular flexibility index (Phi) is 8.10. The van der Waals surface area contributed by atoms with E-state index in [0.29, 0.717) is 31.0 Å². The SMILES string of the molecule is CC[C@@](O)(c1cc(F)c(C(=O)c2ccc(Cl)cc2)c(C(=O)O)c1)C1CCN(C(=O)OC(C)(C)C)CC1. The lowest BCUT2D eigenvalue weighted by Crippen LogP contribution is -2.46. The van der Waals surface area contributed by atoms with E-state index >= 15 is 4.39 Å². The van der Waals surface area contributed by atoms with Gasteiger partial charge in [0, 0.05) is 23.7 Å². The number of aliphatic hydroxyl groups is 1. The number of carbonyl (C=O) groups is 3. The molecule has 1 amide bonds. The highest BCUT2D eigenvalue weighted by molar-refractivity contribution is 6.30. The van der Waals surface area contributed by atoms with Crippen LogP contribution >= 0.6 is 11.6 Å².